The second kappa shape index (κ2) is 15.9. The normalized spacial score (nSPS) is 12.2. The van der Waals surface area contributed by atoms with Crippen LogP contribution >= 0.6 is 0 Å². The Hall–Kier alpha value is -1.36. The predicted molar refractivity (Wildman–Crippen MR) is 106 cm³/mol. The SMILES string of the molecule is C=C(CC(=O)O)C(=O)OCC(CCCCCCCCCCCC)N(C)C. The number of carboxylic acids is 1. The van der Waals surface area contributed by atoms with Gasteiger partial charge in [0.1, 0.15) is 6.61 Å². The molecule has 1 unspecified atom stereocenters. The third kappa shape index (κ3) is 13.9. The molecule has 0 aliphatic heterocycles. The number of rotatable bonds is 17. The topological polar surface area (TPSA) is 66.8 Å². The molecule has 0 aliphatic rings. The van der Waals surface area contributed by atoms with Crippen molar-refractivity contribution in [3.63, 3.8) is 0 Å². The second-order valence-electron chi connectivity index (χ2n) is 7.36. The van der Waals surface area contributed by atoms with E-state index in [4.69, 9.17) is 9.84 Å². The molecule has 0 aromatic rings. The van der Waals surface area contributed by atoms with Gasteiger partial charge in [-0.25, -0.2) is 4.79 Å². The molecule has 0 bridgehead atoms. The van der Waals surface area contributed by atoms with E-state index in [9.17, 15) is 9.59 Å². The van der Waals surface area contributed by atoms with Crippen molar-refractivity contribution in [1.29, 1.82) is 0 Å². The Morgan fingerprint density at radius 3 is 1.92 bits per heavy atom. The molecule has 0 saturated carbocycles. The lowest BCUT2D eigenvalue weighted by Gasteiger charge is -2.24. The highest BCUT2D eigenvalue weighted by atomic mass is 16.5. The number of nitrogens with zero attached hydrogens (tertiary/aromatic N) is 1. The lowest BCUT2D eigenvalue weighted by atomic mass is 10.0. The first-order chi connectivity index (χ1) is 12.4. The van der Waals surface area contributed by atoms with Gasteiger partial charge in [-0.3, -0.25) is 4.79 Å². The Morgan fingerprint density at radius 1 is 0.962 bits per heavy atom. The van der Waals surface area contributed by atoms with Crippen molar-refractivity contribution in [3.8, 4) is 0 Å². The largest absolute Gasteiger partial charge is 0.481 e. The highest BCUT2D eigenvalue weighted by molar-refractivity contribution is 5.92. The van der Waals surface area contributed by atoms with E-state index in [2.05, 4.69) is 18.4 Å². The van der Waals surface area contributed by atoms with Gasteiger partial charge >= 0.3 is 11.9 Å². The highest BCUT2D eigenvalue weighted by Crippen LogP contribution is 2.14. The molecule has 0 heterocycles. The maximum atomic E-state index is 11.7. The average molecular weight is 370 g/mol. The fourth-order valence-corrected chi connectivity index (χ4v) is 2.89. The standard InChI is InChI=1S/C21H39NO4/c1-5-6-7-8-9-10-11-12-13-14-15-19(22(3)4)17-26-21(25)18(2)16-20(23)24/h19H,2,5-17H2,1,3-4H3,(H,23,24). The van der Waals surface area contributed by atoms with Gasteiger partial charge in [0, 0.05) is 11.6 Å². The van der Waals surface area contributed by atoms with Crippen LogP contribution in [0.2, 0.25) is 0 Å². The summed E-state index contributed by atoms with van der Waals surface area (Å²) >= 11 is 0. The van der Waals surface area contributed by atoms with E-state index in [0.29, 0.717) is 0 Å². The van der Waals surface area contributed by atoms with E-state index in [1.807, 2.05) is 14.1 Å². The third-order valence-corrected chi connectivity index (χ3v) is 4.68. The van der Waals surface area contributed by atoms with E-state index in [1.165, 1.54) is 57.8 Å². The van der Waals surface area contributed by atoms with Gasteiger partial charge in [0.15, 0.2) is 0 Å². The molecule has 5 heteroatoms. The van der Waals surface area contributed by atoms with Crippen LogP contribution in [0.1, 0.15) is 84.0 Å². The molecule has 0 amide bonds. The van der Waals surface area contributed by atoms with E-state index >= 15 is 0 Å². The maximum absolute atomic E-state index is 11.7. The third-order valence-electron chi connectivity index (χ3n) is 4.68. The lowest BCUT2D eigenvalue weighted by Crippen LogP contribution is -2.33. The van der Waals surface area contributed by atoms with Crippen LogP contribution in [0.25, 0.3) is 0 Å². The summed E-state index contributed by atoms with van der Waals surface area (Å²) < 4.78 is 5.23. The van der Waals surface area contributed by atoms with Gasteiger partial charge < -0.3 is 14.7 Å². The van der Waals surface area contributed by atoms with Gasteiger partial charge in [0.2, 0.25) is 0 Å². The Kier molecular flexibility index (Phi) is 15.0. The van der Waals surface area contributed by atoms with Crippen molar-refractivity contribution < 1.29 is 19.4 Å². The van der Waals surface area contributed by atoms with Gasteiger partial charge in [-0.1, -0.05) is 77.7 Å². The molecule has 152 valence electrons. The number of esters is 1. The molecular formula is C21H39NO4. The van der Waals surface area contributed by atoms with Gasteiger partial charge in [-0.2, -0.15) is 0 Å². The van der Waals surface area contributed by atoms with E-state index in [0.717, 1.165) is 12.8 Å². The van der Waals surface area contributed by atoms with Crippen LogP contribution in [0.15, 0.2) is 12.2 Å². The Labute approximate surface area is 159 Å². The van der Waals surface area contributed by atoms with Crippen LogP contribution in [0.5, 0.6) is 0 Å². The number of unbranched alkanes of at least 4 members (excludes halogenated alkanes) is 9. The quantitative estimate of drug-likeness (QED) is 0.227. The molecule has 1 atom stereocenters. The van der Waals surface area contributed by atoms with E-state index in [1.54, 1.807) is 0 Å². The van der Waals surface area contributed by atoms with Crippen molar-refractivity contribution in [3.05, 3.63) is 12.2 Å². The van der Waals surface area contributed by atoms with Crippen LogP contribution in [-0.2, 0) is 14.3 Å². The molecule has 5 nitrogen and oxygen atoms in total. The number of carbonyl (C=O) groups excluding carboxylic acids is 1. The monoisotopic (exact) mass is 369 g/mol. The minimum absolute atomic E-state index is 0.00561. The van der Waals surface area contributed by atoms with Crippen LogP contribution in [-0.4, -0.2) is 48.7 Å². The fraction of sp³-hybridized carbons (Fsp3) is 0.810. The molecule has 0 aromatic carbocycles. The molecule has 0 aliphatic carbocycles. The van der Waals surface area contributed by atoms with Crippen LogP contribution in [0, 0.1) is 0 Å². The Morgan fingerprint density at radius 2 is 1.46 bits per heavy atom. The average Bonchev–Trinajstić information content (AvgIpc) is 2.57. The van der Waals surface area contributed by atoms with Crippen molar-refractivity contribution in [2.45, 2.75) is 90.0 Å². The van der Waals surface area contributed by atoms with Crippen molar-refractivity contribution in [2.75, 3.05) is 20.7 Å². The smallest absolute Gasteiger partial charge is 0.334 e. The highest BCUT2D eigenvalue weighted by Gasteiger charge is 2.17. The fourth-order valence-electron chi connectivity index (χ4n) is 2.89. The first-order valence-electron chi connectivity index (χ1n) is 10.1. The summed E-state index contributed by atoms with van der Waals surface area (Å²) in [5, 5.41) is 8.68. The second-order valence-corrected chi connectivity index (χ2v) is 7.36. The summed E-state index contributed by atoms with van der Waals surface area (Å²) in [6.07, 6.45) is 13.6. The van der Waals surface area contributed by atoms with Crippen LogP contribution < -0.4 is 0 Å². The van der Waals surface area contributed by atoms with Crippen molar-refractivity contribution in [1.82, 2.24) is 4.90 Å². The zero-order chi connectivity index (χ0) is 19.8. The molecule has 0 spiro atoms. The summed E-state index contributed by atoms with van der Waals surface area (Å²) in [4.78, 5) is 24.4. The predicted octanol–water partition coefficient (Wildman–Crippen LogP) is 4.80. The van der Waals surface area contributed by atoms with Crippen LogP contribution in [0.4, 0.5) is 0 Å². The molecule has 26 heavy (non-hydrogen) atoms. The van der Waals surface area contributed by atoms with E-state index < -0.39 is 11.9 Å². The van der Waals surface area contributed by atoms with Gasteiger partial charge in [0.25, 0.3) is 0 Å². The number of carboxylic acid groups (broad SMARTS) is 1. The minimum Gasteiger partial charge on any atom is -0.481 e. The molecule has 0 rings (SSSR count). The first kappa shape index (κ1) is 24.6. The summed E-state index contributed by atoms with van der Waals surface area (Å²) in [6.45, 7) is 6.00. The van der Waals surface area contributed by atoms with E-state index in [-0.39, 0.29) is 24.6 Å². The molecule has 0 radical (unpaired) electrons. The summed E-state index contributed by atoms with van der Waals surface area (Å²) in [7, 11) is 3.95. The number of ether oxygens (including phenoxy) is 1. The summed E-state index contributed by atoms with van der Waals surface area (Å²) in [6, 6.07) is 0.158. The maximum Gasteiger partial charge on any atom is 0.334 e. The molecule has 0 aromatic heterocycles. The molecule has 0 fully saturated rings. The Balaban J connectivity index is 3.81. The van der Waals surface area contributed by atoms with Gasteiger partial charge in [-0.05, 0) is 20.5 Å². The number of likely N-dealkylation sites (N-methyl/N-ethyl adjacent to an activating group) is 1. The lowest BCUT2D eigenvalue weighted by molar-refractivity contribution is -0.143. The summed E-state index contributed by atoms with van der Waals surface area (Å²) in [5.74, 6) is -1.68. The molecular weight excluding hydrogens is 330 g/mol. The zero-order valence-electron chi connectivity index (χ0n) is 17.1. The Bertz CT molecular complexity index is 407. The molecule has 0 saturated heterocycles. The number of carbonyl (C=O) groups is 2. The summed E-state index contributed by atoms with van der Waals surface area (Å²) in [5.41, 5.74) is -0.00561. The first-order valence-corrected chi connectivity index (χ1v) is 10.1. The van der Waals surface area contributed by atoms with Crippen molar-refractivity contribution >= 4 is 11.9 Å². The number of aliphatic carboxylic acids is 1. The van der Waals surface area contributed by atoms with Crippen LogP contribution in [0.3, 0.4) is 0 Å². The van der Waals surface area contributed by atoms with Gasteiger partial charge in [0.05, 0.1) is 6.42 Å². The van der Waals surface area contributed by atoms with Gasteiger partial charge in [-0.15, -0.1) is 0 Å². The number of hydrogen-bond acceptors (Lipinski definition) is 4. The molecule has 1 N–H and O–H groups in total. The minimum atomic E-state index is -1.07. The van der Waals surface area contributed by atoms with Crippen molar-refractivity contribution in [2.24, 2.45) is 0 Å². The number of hydrogen-bond donors (Lipinski definition) is 1. The zero-order valence-corrected chi connectivity index (χ0v) is 17.1.